The fraction of sp³-hybridized carbons (Fsp3) is 0.500. The molecule has 1 unspecified atom stereocenters. The molecule has 1 aromatic carbocycles. The van der Waals surface area contributed by atoms with Crippen molar-refractivity contribution in [2.75, 3.05) is 6.61 Å². The van der Waals surface area contributed by atoms with Crippen molar-refractivity contribution in [1.82, 2.24) is 5.32 Å². The highest BCUT2D eigenvalue weighted by Gasteiger charge is 2.46. The number of nitrogens with one attached hydrogen (secondary N) is 1. The molecule has 3 heteroatoms. The summed E-state index contributed by atoms with van der Waals surface area (Å²) in [5.41, 5.74) is 0.783. The van der Waals surface area contributed by atoms with Gasteiger partial charge in [-0.2, -0.15) is 5.26 Å². The Kier molecular flexibility index (Phi) is 3.46. The van der Waals surface area contributed by atoms with Crippen LogP contribution in [-0.2, 0) is 5.41 Å². The number of nitrogens with zero attached hydrogens (tertiary/aromatic N) is 1. The molecule has 0 heterocycles. The molecule has 0 bridgehead atoms. The summed E-state index contributed by atoms with van der Waals surface area (Å²) in [5.74, 6) is 0. The molecule has 1 fully saturated rings. The van der Waals surface area contributed by atoms with Gasteiger partial charge in [-0.05, 0) is 25.3 Å². The van der Waals surface area contributed by atoms with Crippen LogP contribution in [-0.4, -0.2) is 23.8 Å². The lowest BCUT2D eigenvalue weighted by atomic mass is 9.62. The molecule has 17 heavy (non-hydrogen) atoms. The van der Waals surface area contributed by atoms with Crippen LogP contribution in [0.3, 0.4) is 0 Å². The van der Waals surface area contributed by atoms with Crippen LogP contribution in [0.25, 0.3) is 0 Å². The minimum Gasteiger partial charge on any atom is -0.395 e. The second kappa shape index (κ2) is 4.87. The lowest BCUT2D eigenvalue weighted by molar-refractivity contribution is 0.177. The Hall–Kier alpha value is -1.37. The normalized spacial score (nSPS) is 29.1. The van der Waals surface area contributed by atoms with Gasteiger partial charge in [-0.1, -0.05) is 30.3 Å². The van der Waals surface area contributed by atoms with Crippen LogP contribution in [0.5, 0.6) is 0 Å². The Labute approximate surface area is 102 Å². The number of aliphatic hydroxyl groups is 1. The van der Waals surface area contributed by atoms with Gasteiger partial charge in [-0.3, -0.25) is 0 Å². The first kappa shape index (κ1) is 12.1. The van der Waals surface area contributed by atoms with Crippen molar-refractivity contribution in [2.45, 2.75) is 37.3 Å². The minimum absolute atomic E-state index is 0.104. The average molecular weight is 230 g/mol. The molecular formula is C14H18N2O. The van der Waals surface area contributed by atoms with E-state index in [0.29, 0.717) is 6.04 Å². The summed E-state index contributed by atoms with van der Waals surface area (Å²) < 4.78 is 0. The minimum atomic E-state index is -0.325. The van der Waals surface area contributed by atoms with E-state index in [9.17, 15) is 5.26 Å². The molecule has 0 amide bonds. The third-order valence-electron chi connectivity index (χ3n) is 3.52. The van der Waals surface area contributed by atoms with Crippen LogP contribution in [0.15, 0.2) is 30.3 Å². The SMILES string of the molecule is CC(CO)NC1CC(C#N)(c2ccccc2)C1. The summed E-state index contributed by atoms with van der Waals surface area (Å²) >= 11 is 0. The van der Waals surface area contributed by atoms with Crippen LogP contribution in [0, 0.1) is 11.3 Å². The fourth-order valence-corrected chi connectivity index (χ4v) is 2.50. The topological polar surface area (TPSA) is 56.0 Å². The summed E-state index contributed by atoms with van der Waals surface area (Å²) in [5, 5.41) is 21.7. The summed E-state index contributed by atoms with van der Waals surface area (Å²) in [6.07, 6.45) is 1.66. The molecule has 1 aliphatic carbocycles. The Morgan fingerprint density at radius 1 is 1.47 bits per heavy atom. The predicted molar refractivity (Wildman–Crippen MR) is 66.4 cm³/mol. The van der Waals surface area contributed by atoms with Gasteiger partial charge in [0.2, 0.25) is 0 Å². The smallest absolute Gasteiger partial charge is 0.0852 e. The summed E-state index contributed by atoms with van der Waals surface area (Å²) in [6, 6.07) is 12.9. The highest BCUT2D eigenvalue weighted by Crippen LogP contribution is 2.43. The summed E-state index contributed by atoms with van der Waals surface area (Å²) in [7, 11) is 0. The maximum absolute atomic E-state index is 9.37. The van der Waals surface area contributed by atoms with Gasteiger partial charge in [0.15, 0.2) is 0 Å². The second-order valence-corrected chi connectivity index (χ2v) is 4.92. The molecule has 0 aliphatic heterocycles. The lowest BCUT2D eigenvalue weighted by Gasteiger charge is -2.44. The van der Waals surface area contributed by atoms with Crippen LogP contribution in [0.2, 0.25) is 0 Å². The molecule has 0 radical (unpaired) electrons. The maximum atomic E-state index is 9.37. The third-order valence-corrected chi connectivity index (χ3v) is 3.52. The number of hydrogen-bond acceptors (Lipinski definition) is 3. The van der Waals surface area contributed by atoms with Gasteiger partial charge in [0, 0.05) is 12.1 Å². The van der Waals surface area contributed by atoms with Gasteiger partial charge in [0.25, 0.3) is 0 Å². The van der Waals surface area contributed by atoms with Gasteiger partial charge in [0.05, 0.1) is 18.1 Å². The lowest BCUT2D eigenvalue weighted by Crippen LogP contribution is -2.53. The van der Waals surface area contributed by atoms with E-state index in [-0.39, 0.29) is 18.1 Å². The zero-order valence-electron chi connectivity index (χ0n) is 10.1. The maximum Gasteiger partial charge on any atom is 0.0852 e. The number of nitriles is 1. The van der Waals surface area contributed by atoms with Gasteiger partial charge in [0.1, 0.15) is 0 Å². The Morgan fingerprint density at radius 3 is 2.65 bits per heavy atom. The van der Waals surface area contributed by atoms with Crippen molar-refractivity contribution >= 4 is 0 Å². The van der Waals surface area contributed by atoms with Crippen molar-refractivity contribution in [3.05, 3.63) is 35.9 Å². The number of rotatable bonds is 4. The molecule has 1 atom stereocenters. The highest BCUT2D eigenvalue weighted by atomic mass is 16.3. The van der Waals surface area contributed by atoms with Gasteiger partial charge < -0.3 is 10.4 Å². The van der Waals surface area contributed by atoms with E-state index in [1.54, 1.807) is 0 Å². The monoisotopic (exact) mass is 230 g/mol. The first-order chi connectivity index (χ1) is 8.20. The molecule has 3 nitrogen and oxygen atoms in total. The van der Waals surface area contributed by atoms with E-state index < -0.39 is 0 Å². The van der Waals surface area contributed by atoms with E-state index in [1.165, 1.54) is 0 Å². The first-order valence-corrected chi connectivity index (χ1v) is 6.04. The zero-order chi connectivity index (χ0) is 12.3. The predicted octanol–water partition coefficient (Wildman–Crippen LogP) is 1.58. The quantitative estimate of drug-likeness (QED) is 0.825. The van der Waals surface area contributed by atoms with Crippen molar-refractivity contribution in [1.29, 1.82) is 5.26 Å². The summed E-state index contributed by atoms with van der Waals surface area (Å²) in [6.45, 7) is 2.09. The van der Waals surface area contributed by atoms with Crippen molar-refractivity contribution < 1.29 is 5.11 Å². The van der Waals surface area contributed by atoms with E-state index in [2.05, 4.69) is 11.4 Å². The van der Waals surface area contributed by atoms with Gasteiger partial charge in [-0.15, -0.1) is 0 Å². The second-order valence-electron chi connectivity index (χ2n) is 4.92. The molecule has 0 aromatic heterocycles. The standard InChI is InChI=1S/C14H18N2O/c1-11(9-17)16-13-7-14(8-13,10-15)12-5-3-2-4-6-12/h2-6,11,13,16-17H,7-9H2,1H3. The average Bonchev–Trinajstić information content (AvgIpc) is 2.34. The fourth-order valence-electron chi connectivity index (χ4n) is 2.50. The first-order valence-electron chi connectivity index (χ1n) is 6.04. The van der Waals surface area contributed by atoms with Gasteiger partial charge in [-0.25, -0.2) is 0 Å². The number of aliphatic hydroxyl groups excluding tert-OH is 1. The highest BCUT2D eigenvalue weighted by molar-refractivity contribution is 5.36. The molecule has 0 saturated heterocycles. The molecular weight excluding hydrogens is 212 g/mol. The van der Waals surface area contributed by atoms with E-state index in [4.69, 9.17) is 5.11 Å². The Morgan fingerprint density at radius 2 is 2.12 bits per heavy atom. The van der Waals surface area contributed by atoms with Crippen molar-refractivity contribution in [3.63, 3.8) is 0 Å². The molecule has 1 aliphatic rings. The molecule has 2 rings (SSSR count). The van der Waals surface area contributed by atoms with Gasteiger partial charge >= 0.3 is 0 Å². The summed E-state index contributed by atoms with van der Waals surface area (Å²) in [4.78, 5) is 0. The molecule has 90 valence electrons. The molecule has 1 aromatic rings. The van der Waals surface area contributed by atoms with Crippen LogP contribution in [0.4, 0.5) is 0 Å². The Balaban J connectivity index is 2.01. The molecule has 0 spiro atoms. The van der Waals surface area contributed by atoms with E-state index in [1.807, 2.05) is 37.3 Å². The largest absolute Gasteiger partial charge is 0.395 e. The van der Waals surface area contributed by atoms with Crippen molar-refractivity contribution in [3.8, 4) is 6.07 Å². The van der Waals surface area contributed by atoms with Crippen LogP contribution >= 0.6 is 0 Å². The Bertz CT molecular complexity index is 404. The molecule has 2 N–H and O–H groups in total. The zero-order valence-corrected chi connectivity index (χ0v) is 10.1. The van der Waals surface area contributed by atoms with E-state index in [0.717, 1.165) is 18.4 Å². The molecule has 1 saturated carbocycles. The van der Waals surface area contributed by atoms with Crippen molar-refractivity contribution in [2.24, 2.45) is 0 Å². The van der Waals surface area contributed by atoms with Crippen LogP contribution < -0.4 is 5.32 Å². The van der Waals surface area contributed by atoms with Crippen LogP contribution in [0.1, 0.15) is 25.3 Å². The number of benzene rings is 1. The third kappa shape index (κ3) is 2.33. The number of hydrogen-bond donors (Lipinski definition) is 2. The van der Waals surface area contributed by atoms with E-state index >= 15 is 0 Å².